The molecule has 3 aromatic rings. The minimum Gasteiger partial charge on any atom is -0.356 e. The second-order valence-electron chi connectivity index (χ2n) is 11.8. The molecule has 12 heteroatoms. The molecule has 11 nitrogen and oxygen atoms in total. The van der Waals surface area contributed by atoms with E-state index in [4.69, 9.17) is 4.74 Å². The second-order valence-corrected chi connectivity index (χ2v) is 13.6. The summed E-state index contributed by atoms with van der Waals surface area (Å²) in [5, 5.41) is 13.6. The smallest absolute Gasteiger partial charge is 0.269 e. The number of hydrogen-bond donors (Lipinski definition) is 4. The van der Waals surface area contributed by atoms with E-state index in [2.05, 4.69) is 26.1 Å². The van der Waals surface area contributed by atoms with Crippen LogP contribution in [0.5, 0.6) is 0 Å². The van der Waals surface area contributed by atoms with Crippen molar-refractivity contribution in [3.05, 3.63) is 48.3 Å². The molecule has 3 aliphatic rings. The first kappa shape index (κ1) is 27.5. The summed E-state index contributed by atoms with van der Waals surface area (Å²) in [7, 11) is -3.83. The molecule has 1 aromatic carbocycles. The highest BCUT2D eigenvalue weighted by molar-refractivity contribution is 7.90. The van der Waals surface area contributed by atoms with Crippen LogP contribution in [0.25, 0.3) is 11.2 Å². The third-order valence-corrected chi connectivity index (χ3v) is 9.54. The molecule has 0 radical (unpaired) electrons. The SMILES string of the molecule is Cc1ccc(S(=O)(=O)n2ccc3nc(NNC(=O)C45CCC(NC(O)OC(C)(C)C)(CC4)CC5)cnc32)cc1. The maximum atomic E-state index is 13.2. The molecule has 0 saturated heterocycles. The van der Waals surface area contributed by atoms with Crippen molar-refractivity contribution in [3.63, 3.8) is 0 Å². The number of fused-ring (bicyclic) bond motifs is 4. The lowest BCUT2D eigenvalue weighted by molar-refractivity contribution is -0.200. The number of carbonyl (C=O) groups excluding carboxylic acids is 1. The Morgan fingerprint density at radius 1 is 1.08 bits per heavy atom. The van der Waals surface area contributed by atoms with Gasteiger partial charge < -0.3 is 9.84 Å². The van der Waals surface area contributed by atoms with Gasteiger partial charge in [-0.15, -0.1) is 0 Å². The van der Waals surface area contributed by atoms with Crippen LogP contribution in [0.4, 0.5) is 5.82 Å². The van der Waals surface area contributed by atoms with E-state index in [1.165, 1.54) is 12.4 Å². The molecule has 3 aliphatic carbocycles. The van der Waals surface area contributed by atoms with E-state index < -0.39 is 27.5 Å². The third kappa shape index (κ3) is 5.51. The summed E-state index contributed by atoms with van der Waals surface area (Å²) in [4.78, 5) is 22.2. The van der Waals surface area contributed by atoms with Crippen LogP contribution in [0.1, 0.15) is 64.9 Å². The van der Waals surface area contributed by atoms with E-state index in [0.717, 1.165) is 28.8 Å². The highest BCUT2D eigenvalue weighted by Gasteiger charge is 2.53. The molecular weight excluding hydrogens is 520 g/mol. The van der Waals surface area contributed by atoms with E-state index in [-0.39, 0.29) is 22.0 Å². The Labute approximate surface area is 228 Å². The van der Waals surface area contributed by atoms with E-state index in [1.54, 1.807) is 30.3 Å². The highest BCUT2D eigenvalue weighted by atomic mass is 32.2. The number of hydrazine groups is 1. The Hall–Kier alpha value is -3.06. The van der Waals surface area contributed by atoms with Crippen molar-refractivity contribution in [2.75, 3.05) is 5.43 Å². The molecule has 6 rings (SSSR count). The zero-order valence-corrected chi connectivity index (χ0v) is 23.5. The number of amides is 1. The Morgan fingerprint density at radius 2 is 1.72 bits per heavy atom. The summed E-state index contributed by atoms with van der Waals surface area (Å²) in [6.45, 7) is 7.57. The van der Waals surface area contributed by atoms with Gasteiger partial charge in [-0.05, 0) is 84.4 Å². The maximum absolute atomic E-state index is 13.2. The number of aliphatic hydroxyl groups excluding tert-OH is 1. The molecule has 3 saturated carbocycles. The van der Waals surface area contributed by atoms with E-state index >= 15 is 0 Å². The first-order valence-corrected chi connectivity index (χ1v) is 14.6. The summed E-state index contributed by atoms with van der Waals surface area (Å²) in [5.74, 6) is 0.200. The monoisotopic (exact) mass is 556 g/mol. The Kier molecular flexibility index (Phi) is 6.94. The van der Waals surface area contributed by atoms with Crippen LogP contribution in [-0.4, -0.2) is 50.9 Å². The van der Waals surface area contributed by atoms with Crippen LogP contribution in [0.3, 0.4) is 0 Å². The predicted octanol–water partition coefficient (Wildman–Crippen LogP) is 3.19. The first-order chi connectivity index (χ1) is 18.3. The van der Waals surface area contributed by atoms with Crippen molar-refractivity contribution in [1.29, 1.82) is 0 Å². The van der Waals surface area contributed by atoms with Crippen LogP contribution in [0, 0.1) is 12.3 Å². The van der Waals surface area contributed by atoms with Crippen LogP contribution < -0.4 is 16.2 Å². The summed E-state index contributed by atoms with van der Waals surface area (Å²) < 4.78 is 33.0. The predicted molar refractivity (Wildman–Crippen MR) is 146 cm³/mol. The number of nitrogens with one attached hydrogen (secondary N) is 3. The molecule has 1 unspecified atom stereocenters. The number of ether oxygens (including phenoxy) is 1. The summed E-state index contributed by atoms with van der Waals surface area (Å²) >= 11 is 0. The number of aryl methyl sites for hydroxylation is 1. The summed E-state index contributed by atoms with van der Waals surface area (Å²) in [6, 6.07) is 8.19. The molecule has 0 spiro atoms. The molecule has 1 atom stereocenters. The lowest BCUT2D eigenvalue weighted by atomic mass is 9.57. The van der Waals surface area contributed by atoms with E-state index in [9.17, 15) is 18.3 Å². The van der Waals surface area contributed by atoms with Gasteiger partial charge in [0.1, 0.15) is 5.52 Å². The van der Waals surface area contributed by atoms with Crippen molar-refractivity contribution in [1.82, 2.24) is 24.7 Å². The van der Waals surface area contributed by atoms with Crippen molar-refractivity contribution in [2.45, 2.75) is 88.7 Å². The normalized spacial score (nSPS) is 24.0. The van der Waals surface area contributed by atoms with Gasteiger partial charge in [-0.2, -0.15) is 0 Å². The van der Waals surface area contributed by atoms with Crippen molar-refractivity contribution in [3.8, 4) is 0 Å². The van der Waals surface area contributed by atoms with Gasteiger partial charge in [0, 0.05) is 11.7 Å². The fraction of sp³-hybridized carbons (Fsp3) is 0.519. The zero-order chi connectivity index (χ0) is 28.1. The Bertz CT molecular complexity index is 1450. The Balaban J connectivity index is 1.22. The average molecular weight is 557 g/mol. The van der Waals surface area contributed by atoms with Gasteiger partial charge in [0.15, 0.2) is 11.5 Å². The van der Waals surface area contributed by atoms with Crippen LogP contribution in [-0.2, 0) is 19.6 Å². The maximum Gasteiger partial charge on any atom is 0.269 e. The van der Waals surface area contributed by atoms with Gasteiger partial charge in [0.25, 0.3) is 10.0 Å². The lowest BCUT2D eigenvalue weighted by Gasteiger charge is -2.53. The topological polar surface area (TPSA) is 147 Å². The molecule has 1 amide bonds. The van der Waals surface area contributed by atoms with Crippen molar-refractivity contribution in [2.24, 2.45) is 5.41 Å². The average Bonchev–Trinajstić information content (AvgIpc) is 3.31. The summed E-state index contributed by atoms with van der Waals surface area (Å²) in [6.07, 6.45) is 6.14. The molecule has 39 heavy (non-hydrogen) atoms. The lowest BCUT2D eigenvalue weighted by Crippen LogP contribution is -2.61. The number of rotatable bonds is 8. The van der Waals surface area contributed by atoms with Gasteiger partial charge in [-0.1, -0.05) is 17.7 Å². The number of aliphatic hydroxyl groups is 1. The second kappa shape index (κ2) is 9.84. The van der Waals surface area contributed by atoms with Gasteiger partial charge in [-0.25, -0.2) is 22.4 Å². The molecule has 2 bridgehead atoms. The van der Waals surface area contributed by atoms with Gasteiger partial charge in [0.2, 0.25) is 12.3 Å². The standard InChI is InChI=1S/C27H36N6O5S/c1-18-5-7-19(8-6-18)39(36,37)33-16-9-20-22(33)28-17-21(29-20)31-32-23(34)26-10-13-27(14-11-26,15-12-26)30-24(35)38-25(2,3)4/h5-9,16-17,24,30,35H,10-15H2,1-4H3,(H,29,31)(H,32,34). The first-order valence-electron chi connectivity index (χ1n) is 13.2. The number of hydrogen-bond acceptors (Lipinski definition) is 9. The number of carbonyl (C=O) groups is 1. The van der Waals surface area contributed by atoms with Crippen LogP contribution in [0.2, 0.25) is 0 Å². The molecular formula is C27H36N6O5S. The molecule has 2 heterocycles. The Morgan fingerprint density at radius 3 is 2.33 bits per heavy atom. The van der Waals surface area contributed by atoms with Gasteiger partial charge in [-0.3, -0.25) is 21.0 Å². The fourth-order valence-corrected chi connectivity index (χ4v) is 6.88. The van der Waals surface area contributed by atoms with E-state index in [1.807, 2.05) is 27.7 Å². The molecule has 2 aromatic heterocycles. The number of anilines is 1. The van der Waals surface area contributed by atoms with Gasteiger partial charge in [0.05, 0.1) is 22.1 Å². The largest absolute Gasteiger partial charge is 0.356 e. The number of nitrogens with zero attached hydrogens (tertiary/aromatic N) is 3. The molecule has 0 aliphatic heterocycles. The third-order valence-electron chi connectivity index (χ3n) is 7.86. The van der Waals surface area contributed by atoms with E-state index in [0.29, 0.717) is 30.6 Å². The highest BCUT2D eigenvalue weighted by Crippen LogP contribution is 2.52. The van der Waals surface area contributed by atoms with Crippen LogP contribution >= 0.6 is 0 Å². The van der Waals surface area contributed by atoms with Gasteiger partial charge >= 0.3 is 0 Å². The number of aromatic nitrogens is 3. The van der Waals surface area contributed by atoms with Crippen molar-refractivity contribution < 1.29 is 23.1 Å². The van der Waals surface area contributed by atoms with Crippen molar-refractivity contribution >= 4 is 32.9 Å². The molecule has 210 valence electrons. The fourth-order valence-electron chi connectivity index (χ4n) is 5.59. The minimum absolute atomic E-state index is 0.108. The molecule has 4 N–H and O–H groups in total. The molecule has 3 fully saturated rings. The number of benzene rings is 1. The quantitative estimate of drug-likeness (QED) is 0.243. The zero-order valence-electron chi connectivity index (χ0n) is 22.7. The minimum atomic E-state index is -3.83. The van der Waals surface area contributed by atoms with Crippen LogP contribution in [0.15, 0.2) is 47.6 Å². The summed E-state index contributed by atoms with van der Waals surface area (Å²) in [5.41, 5.74) is 6.00.